The van der Waals surface area contributed by atoms with Crippen LogP contribution in [0.2, 0.25) is 0 Å². The van der Waals surface area contributed by atoms with Crippen LogP contribution in [-0.2, 0) is 0 Å². The Morgan fingerprint density at radius 3 is 2.29 bits per heavy atom. The van der Waals surface area contributed by atoms with Gasteiger partial charge in [0.05, 0.1) is 13.2 Å². The molecule has 0 aliphatic heterocycles. The van der Waals surface area contributed by atoms with Crippen LogP contribution in [0.4, 0.5) is 0 Å². The van der Waals surface area contributed by atoms with E-state index in [0.29, 0.717) is 0 Å². The molecule has 1 aromatic rings. The van der Waals surface area contributed by atoms with E-state index in [4.69, 9.17) is 4.74 Å². The molecule has 0 bridgehead atoms. The lowest BCUT2D eigenvalue weighted by molar-refractivity contribution is 0.136. The van der Waals surface area contributed by atoms with Crippen LogP contribution >= 0.6 is 0 Å². The fourth-order valence-corrected chi connectivity index (χ4v) is 2.44. The van der Waals surface area contributed by atoms with Crippen molar-refractivity contribution in [1.82, 2.24) is 5.32 Å². The van der Waals surface area contributed by atoms with Gasteiger partial charge in [-0.15, -0.1) is 0 Å². The minimum absolute atomic E-state index is 0.0639. The second kappa shape index (κ2) is 10.6. The first kappa shape index (κ1) is 18.0. The van der Waals surface area contributed by atoms with Gasteiger partial charge in [0.15, 0.2) is 0 Å². The summed E-state index contributed by atoms with van der Waals surface area (Å²) in [6.07, 6.45) is 7.30. The van der Waals surface area contributed by atoms with E-state index >= 15 is 0 Å². The number of aliphatic hydroxyl groups excluding tert-OH is 1. The van der Waals surface area contributed by atoms with Crippen LogP contribution in [0.5, 0.6) is 5.75 Å². The third-order valence-electron chi connectivity index (χ3n) is 3.93. The Morgan fingerprint density at radius 2 is 1.67 bits per heavy atom. The van der Waals surface area contributed by atoms with Crippen LogP contribution in [-0.4, -0.2) is 24.8 Å². The summed E-state index contributed by atoms with van der Waals surface area (Å²) >= 11 is 0. The Kier molecular flexibility index (Phi) is 9.11. The predicted molar refractivity (Wildman–Crippen MR) is 88.8 cm³/mol. The van der Waals surface area contributed by atoms with Gasteiger partial charge in [0.2, 0.25) is 0 Å². The molecule has 2 N–H and O–H groups in total. The Hall–Kier alpha value is -1.06. The minimum atomic E-state index is -0.476. The van der Waals surface area contributed by atoms with Gasteiger partial charge in [0.25, 0.3) is 0 Å². The molecule has 0 radical (unpaired) electrons. The molecule has 3 nitrogen and oxygen atoms in total. The molecule has 0 aromatic heterocycles. The largest absolute Gasteiger partial charge is 0.497 e. The third-order valence-corrected chi connectivity index (χ3v) is 3.93. The molecule has 0 amide bonds. The smallest absolute Gasteiger partial charge is 0.118 e. The molecule has 1 aromatic carbocycles. The number of ether oxygens (including phenoxy) is 1. The monoisotopic (exact) mass is 293 g/mol. The first-order chi connectivity index (χ1) is 10.2. The lowest BCUT2D eigenvalue weighted by Gasteiger charge is -2.21. The van der Waals surface area contributed by atoms with Crippen molar-refractivity contribution >= 4 is 0 Å². The quantitative estimate of drug-likeness (QED) is 0.604. The Labute approximate surface area is 129 Å². The van der Waals surface area contributed by atoms with Gasteiger partial charge < -0.3 is 15.2 Å². The highest BCUT2D eigenvalue weighted by Crippen LogP contribution is 2.20. The van der Waals surface area contributed by atoms with Gasteiger partial charge >= 0.3 is 0 Å². The van der Waals surface area contributed by atoms with Crippen molar-refractivity contribution in [1.29, 1.82) is 0 Å². The van der Waals surface area contributed by atoms with E-state index in [1.54, 1.807) is 7.11 Å². The van der Waals surface area contributed by atoms with Crippen molar-refractivity contribution in [2.24, 2.45) is 0 Å². The number of nitrogens with one attached hydrogen (secondary N) is 1. The van der Waals surface area contributed by atoms with Crippen LogP contribution < -0.4 is 10.1 Å². The molecule has 21 heavy (non-hydrogen) atoms. The highest BCUT2D eigenvalue weighted by molar-refractivity contribution is 5.28. The number of aliphatic hydroxyl groups is 1. The van der Waals surface area contributed by atoms with Crippen LogP contribution in [0.25, 0.3) is 0 Å². The van der Waals surface area contributed by atoms with Gasteiger partial charge in [-0.3, -0.25) is 0 Å². The maximum absolute atomic E-state index is 10.3. The zero-order valence-corrected chi connectivity index (χ0v) is 13.8. The molecule has 120 valence electrons. The predicted octanol–water partition coefficient (Wildman–Crippen LogP) is 4.07. The van der Waals surface area contributed by atoms with Crippen LogP contribution in [0.15, 0.2) is 24.3 Å². The zero-order chi connectivity index (χ0) is 15.5. The summed E-state index contributed by atoms with van der Waals surface area (Å²) in [6, 6.07) is 7.69. The van der Waals surface area contributed by atoms with Crippen molar-refractivity contribution in [3.8, 4) is 5.75 Å². The molecule has 2 unspecified atom stereocenters. The molecule has 1 rings (SSSR count). The normalized spacial score (nSPS) is 13.9. The Morgan fingerprint density at radius 1 is 1.05 bits per heavy atom. The SMILES string of the molecule is CCCCCCCCNC(C)C(O)c1ccc(OC)cc1. The average molecular weight is 293 g/mol. The first-order valence-corrected chi connectivity index (χ1v) is 8.24. The molecular weight excluding hydrogens is 262 g/mol. The second-order valence-electron chi connectivity index (χ2n) is 5.73. The topological polar surface area (TPSA) is 41.5 Å². The highest BCUT2D eigenvalue weighted by atomic mass is 16.5. The van der Waals surface area contributed by atoms with E-state index in [2.05, 4.69) is 12.2 Å². The number of benzene rings is 1. The van der Waals surface area contributed by atoms with E-state index < -0.39 is 6.10 Å². The molecule has 0 saturated heterocycles. The maximum atomic E-state index is 10.3. The van der Waals surface area contributed by atoms with E-state index in [1.165, 1.54) is 38.5 Å². The van der Waals surface area contributed by atoms with Gasteiger partial charge in [0.1, 0.15) is 5.75 Å². The molecule has 0 heterocycles. The number of rotatable bonds is 11. The highest BCUT2D eigenvalue weighted by Gasteiger charge is 2.15. The van der Waals surface area contributed by atoms with Gasteiger partial charge in [-0.1, -0.05) is 51.2 Å². The second-order valence-corrected chi connectivity index (χ2v) is 5.73. The minimum Gasteiger partial charge on any atom is -0.497 e. The number of unbranched alkanes of at least 4 members (excludes halogenated alkanes) is 5. The number of hydrogen-bond acceptors (Lipinski definition) is 3. The van der Waals surface area contributed by atoms with Crippen LogP contribution in [0.1, 0.15) is 64.0 Å². The van der Waals surface area contributed by atoms with Gasteiger partial charge in [0, 0.05) is 6.04 Å². The summed E-state index contributed by atoms with van der Waals surface area (Å²) in [5, 5.41) is 13.7. The van der Waals surface area contributed by atoms with Crippen molar-refractivity contribution in [3.05, 3.63) is 29.8 Å². The first-order valence-electron chi connectivity index (χ1n) is 8.24. The van der Waals surface area contributed by atoms with Crippen molar-refractivity contribution in [2.75, 3.05) is 13.7 Å². The summed E-state index contributed by atoms with van der Waals surface area (Å²) in [5.41, 5.74) is 0.929. The average Bonchev–Trinajstić information content (AvgIpc) is 2.53. The van der Waals surface area contributed by atoms with Gasteiger partial charge in [-0.05, 0) is 37.6 Å². The lowest BCUT2D eigenvalue weighted by atomic mass is 10.0. The van der Waals surface area contributed by atoms with E-state index in [1.807, 2.05) is 31.2 Å². The molecule has 0 aliphatic carbocycles. The summed E-state index contributed by atoms with van der Waals surface area (Å²) < 4.78 is 5.13. The maximum Gasteiger partial charge on any atom is 0.118 e. The van der Waals surface area contributed by atoms with Crippen molar-refractivity contribution in [3.63, 3.8) is 0 Å². The fourth-order valence-electron chi connectivity index (χ4n) is 2.44. The Bertz CT molecular complexity index is 364. The number of hydrogen-bond donors (Lipinski definition) is 2. The van der Waals surface area contributed by atoms with E-state index in [-0.39, 0.29) is 6.04 Å². The van der Waals surface area contributed by atoms with Crippen molar-refractivity contribution in [2.45, 2.75) is 64.5 Å². The third kappa shape index (κ3) is 6.96. The van der Waals surface area contributed by atoms with Gasteiger partial charge in [-0.25, -0.2) is 0 Å². The molecule has 2 atom stereocenters. The van der Waals surface area contributed by atoms with Crippen LogP contribution in [0.3, 0.4) is 0 Å². The summed E-state index contributed by atoms with van der Waals surface area (Å²) in [7, 11) is 1.65. The van der Waals surface area contributed by atoms with Gasteiger partial charge in [-0.2, -0.15) is 0 Å². The molecule has 0 spiro atoms. The lowest BCUT2D eigenvalue weighted by Crippen LogP contribution is -2.32. The fraction of sp³-hybridized carbons (Fsp3) is 0.667. The molecule has 3 heteroatoms. The summed E-state index contributed by atoms with van der Waals surface area (Å²) in [4.78, 5) is 0. The number of methoxy groups -OCH3 is 1. The van der Waals surface area contributed by atoms with E-state index in [9.17, 15) is 5.11 Å². The molecule has 0 saturated carbocycles. The Balaban J connectivity index is 2.22. The summed E-state index contributed by atoms with van der Waals surface area (Å²) in [5.74, 6) is 0.818. The van der Waals surface area contributed by atoms with Crippen molar-refractivity contribution < 1.29 is 9.84 Å². The molecule has 0 fully saturated rings. The molecule has 0 aliphatic rings. The van der Waals surface area contributed by atoms with E-state index in [0.717, 1.165) is 17.9 Å². The van der Waals surface area contributed by atoms with Crippen LogP contribution in [0, 0.1) is 0 Å². The zero-order valence-electron chi connectivity index (χ0n) is 13.8. The standard InChI is InChI=1S/C18H31NO2/c1-4-5-6-7-8-9-14-19-15(2)18(20)16-10-12-17(21-3)13-11-16/h10-13,15,18-20H,4-9,14H2,1-3H3. The summed E-state index contributed by atoms with van der Waals surface area (Å²) in [6.45, 7) is 5.25. The molecular formula is C18H31NO2.